The number of fused-ring (bicyclic) bond motifs is 2. The smallest absolute Gasteiger partial charge is 0.341 e. The molecule has 0 saturated carbocycles. The van der Waals surface area contributed by atoms with Gasteiger partial charge in [0.1, 0.15) is 5.56 Å². The average Bonchev–Trinajstić information content (AvgIpc) is 3.13. The number of para-hydroxylation sites is 1. The molecule has 156 valence electrons. The van der Waals surface area contributed by atoms with E-state index in [1.165, 1.54) is 16.6 Å². The number of H-pyrrole nitrogens is 1. The first kappa shape index (κ1) is 19.7. The highest BCUT2D eigenvalue weighted by molar-refractivity contribution is 5.97. The maximum atomic E-state index is 12.9. The number of aromatic amines is 1. The molecule has 9 nitrogen and oxygen atoms in total. The number of nitrogens with zero attached hydrogens (tertiary/aromatic N) is 2. The summed E-state index contributed by atoms with van der Waals surface area (Å²) in [7, 11) is 1.52. The van der Waals surface area contributed by atoms with Crippen molar-refractivity contribution >= 4 is 22.8 Å². The SMILES string of the molecule is COCCN1CC(Cc2c[nH]c3ccccc23)n2cc(C(=O)O)c(=O)c(O)c2C1=O. The zero-order chi connectivity index (χ0) is 21.4. The monoisotopic (exact) mass is 411 g/mol. The number of aromatic carboxylic acids is 1. The number of rotatable bonds is 6. The van der Waals surface area contributed by atoms with Crippen LogP contribution in [0.25, 0.3) is 10.9 Å². The van der Waals surface area contributed by atoms with Gasteiger partial charge in [0.05, 0.1) is 12.6 Å². The molecule has 0 bridgehead atoms. The molecular weight excluding hydrogens is 390 g/mol. The number of carbonyl (C=O) groups is 2. The van der Waals surface area contributed by atoms with Crippen LogP contribution in [0.2, 0.25) is 0 Å². The summed E-state index contributed by atoms with van der Waals surface area (Å²) in [5.41, 5.74) is 0.111. The third-order valence-electron chi connectivity index (χ3n) is 5.45. The molecule has 4 rings (SSSR count). The summed E-state index contributed by atoms with van der Waals surface area (Å²) in [5, 5.41) is 20.8. The number of nitrogens with one attached hydrogen (secondary N) is 1. The molecule has 1 aliphatic heterocycles. The molecule has 3 heterocycles. The maximum absolute atomic E-state index is 12.9. The van der Waals surface area contributed by atoms with Crippen LogP contribution in [0.5, 0.6) is 5.75 Å². The minimum absolute atomic E-state index is 0.197. The van der Waals surface area contributed by atoms with Crippen molar-refractivity contribution in [2.45, 2.75) is 12.5 Å². The summed E-state index contributed by atoms with van der Waals surface area (Å²) in [6.07, 6.45) is 3.50. The van der Waals surface area contributed by atoms with E-state index in [9.17, 15) is 24.6 Å². The number of aromatic hydroxyl groups is 1. The molecule has 0 aliphatic carbocycles. The fourth-order valence-electron chi connectivity index (χ4n) is 3.96. The minimum Gasteiger partial charge on any atom is -0.503 e. The number of aromatic nitrogens is 2. The van der Waals surface area contributed by atoms with Crippen LogP contribution in [0.4, 0.5) is 0 Å². The highest BCUT2D eigenvalue weighted by Gasteiger charge is 2.35. The van der Waals surface area contributed by atoms with Crippen LogP contribution in [0.15, 0.2) is 41.5 Å². The van der Waals surface area contributed by atoms with Crippen molar-refractivity contribution in [2.75, 3.05) is 26.8 Å². The van der Waals surface area contributed by atoms with E-state index in [0.717, 1.165) is 22.7 Å². The Balaban J connectivity index is 1.83. The minimum atomic E-state index is -1.45. The van der Waals surface area contributed by atoms with E-state index >= 15 is 0 Å². The van der Waals surface area contributed by atoms with Gasteiger partial charge in [-0.15, -0.1) is 0 Å². The molecule has 1 atom stereocenters. The Kier molecular flexibility index (Phi) is 5.04. The number of amides is 1. The first-order valence-corrected chi connectivity index (χ1v) is 9.47. The van der Waals surface area contributed by atoms with Crippen LogP contribution in [-0.2, 0) is 11.2 Å². The molecule has 3 N–H and O–H groups in total. The van der Waals surface area contributed by atoms with E-state index in [1.54, 1.807) is 0 Å². The van der Waals surface area contributed by atoms with Crippen LogP contribution in [0.3, 0.4) is 0 Å². The number of benzene rings is 1. The van der Waals surface area contributed by atoms with Crippen molar-refractivity contribution in [3.63, 3.8) is 0 Å². The van der Waals surface area contributed by atoms with E-state index in [4.69, 9.17) is 4.74 Å². The number of carboxylic acids is 1. The Morgan fingerprint density at radius 2 is 2.07 bits per heavy atom. The Labute approximate surface area is 171 Å². The van der Waals surface area contributed by atoms with Crippen molar-refractivity contribution in [2.24, 2.45) is 0 Å². The standard InChI is InChI=1S/C21H21N3O6/c1-30-7-6-23-10-13(8-12-9-22-16-5-3-2-4-14(12)16)24-11-15(21(28)29)18(25)19(26)17(24)20(23)27/h2-5,9,11,13,22,26H,6-8,10H2,1H3,(H,28,29). The van der Waals surface area contributed by atoms with Crippen molar-refractivity contribution in [1.29, 1.82) is 0 Å². The number of hydrogen-bond donors (Lipinski definition) is 3. The molecule has 0 saturated heterocycles. The maximum Gasteiger partial charge on any atom is 0.341 e. The molecular formula is C21H21N3O6. The third-order valence-corrected chi connectivity index (χ3v) is 5.45. The van der Waals surface area contributed by atoms with Crippen molar-refractivity contribution < 1.29 is 24.5 Å². The second kappa shape index (κ2) is 7.68. The van der Waals surface area contributed by atoms with Crippen LogP contribution in [0.1, 0.15) is 32.5 Å². The van der Waals surface area contributed by atoms with E-state index in [2.05, 4.69) is 4.98 Å². The Bertz CT molecular complexity index is 1200. The molecule has 2 aromatic heterocycles. The quantitative estimate of drug-likeness (QED) is 0.566. The van der Waals surface area contributed by atoms with Gasteiger partial charge in [0.15, 0.2) is 11.4 Å². The van der Waals surface area contributed by atoms with Gasteiger partial charge in [0.25, 0.3) is 5.91 Å². The molecule has 9 heteroatoms. The van der Waals surface area contributed by atoms with Gasteiger partial charge in [0.2, 0.25) is 5.43 Å². The normalized spacial score (nSPS) is 16.1. The second-order valence-corrected chi connectivity index (χ2v) is 7.24. The number of carbonyl (C=O) groups excluding carboxylic acids is 1. The average molecular weight is 411 g/mol. The van der Waals surface area contributed by atoms with Crippen LogP contribution in [0, 0.1) is 0 Å². The van der Waals surface area contributed by atoms with Gasteiger partial charge in [-0.1, -0.05) is 18.2 Å². The second-order valence-electron chi connectivity index (χ2n) is 7.24. The zero-order valence-corrected chi connectivity index (χ0v) is 16.3. The summed E-state index contributed by atoms with van der Waals surface area (Å²) >= 11 is 0. The summed E-state index contributed by atoms with van der Waals surface area (Å²) < 4.78 is 6.50. The van der Waals surface area contributed by atoms with Crippen molar-refractivity contribution in [1.82, 2.24) is 14.5 Å². The molecule has 0 spiro atoms. The van der Waals surface area contributed by atoms with E-state index < -0.39 is 28.6 Å². The lowest BCUT2D eigenvalue weighted by molar-refractivity contribution is 0.0586. The predicted octanol–water partition coefficient (Wildman–Crippen LogP) is 1.62. The fraction of sp³-hybridized carbons (Fsp3) is 0.286. The molecule has 1 amide bonds. The molecule has 30 heavy (non-hydrogen) atoms. The Hall–Kier alpha value is -3.59. The van der Waals surface area contributed by atoms with E-state index in [0.29, 0.717) is 13.0 Å². The lowest BCUT2D eigenvalue weighted by atomic mass is 10.0. The van der Waals surface area contributed by atoms with E-state index in [-0.39, 0.29) is 24.8 Å². The van der Waals surface area contributed by atoms with Gasteiger partial charge in [-0.05, 0) is 18.1 Å². The number of methoxy groups -OCH3 is 1. The summed E-state index contributed by atoms with van der Waals surface area (Å²) in [6, 6.07) is 7.40. The predicted molar refractivity (Wildman–Crippen MR) is 108 cm³/mol. The van der Waals surface area contributed by atoms with Gasteiger partial charge in [-0.3, -0.25) is 9.59 Å². The highest BCUT2D eigenvalue weighted by atomic mass is 16.5. The Morgan fingerprint density at radius 1 is 1.30 bits per heavy atom. The number of hydrogen-bond acceptors (Lipinski definition) is 5. The van der Waals surface area contributed by atoms with Crippen LogP contribution in [-0.4, -0.2) is 63.3 Å². The highest BCUT2D eigenvalue weighted by Crippen LogP contribution is 2.30. The van der Waals surface area contributed by atoms with Crippen LogP contribution >= 0.6 is 0 Å². The first-order chi connectivity index (χ1) is 14.4. The van der Waals surface area contributed by atoms with Crippen molar-refractivity contribution in [3.05, 3.63) is 63.7 Å². The van der Waals surface area contributed by atoms with Crippen molar-refractivity contribution in [3.8, 4) is 5.75 Å². The topological polar surface area (TPSA) is 125 Å². The first-order valence-electron chi connectivity index (χ1n) is 9.47. The van der Waals surface area contributed by atoms with Crippen LogP contribution < -0.4 is 5.43 Å². The zero-order valence-electron chi connectivity index (χ0n) is 16.3. The van der Waals surface area contributed by atoms with E-state index in [1.807, 2.05) is 30.5 Å². The summed E-state index contributed by atoms with van der Waals surface area (Å²) in [6.45, 7) is 0.869. The largest absolute Gasteiger partial charge is 0.503 e. The third kappa shape index (κ3) is 3.22. The fourth-order valence-corrected chi connectivity index (χ4v) is 3.96. The lowest BCUT2D eigenvalue weighted by Gasteiger charge is -2.36. The number of ether oxygens (including phenoxy) is 1. The summed E-state index contributed by atoms with van der Waals surface area (Å²) in [5.74, 6) is -2.83. The Morgan fingerprint density at radius 3 is 2.80 bits per heavy atom. The van der Waals surface area contributed by atoms with Gasteiger partial charge in [-0.2, -0.15) is 0 Å². The number of carboxylic acid groups (broad SMARTS) is 1. The molecule has 0 radical (unpaired) electrons. The van der Waals surface area contributed by atoms with Gasteiger partial charge >= 0.3 is 5.97 Å². The van der Waals surface area contributed by atoms with Gasteiger partial charge in [0, 0.05) is 43.5 Å². The summed E-state index contributed by atoms with van der Waals surface area (Å²) in [4.78, 5) is 41.5. The lowest BCUT2D eigenvalue weighted by Crippen LogP contribution is -2.46. The van der Waals surface area contributed by atoms with Gasteiger partial charge in [-0.25, -0.2) is 4.79 Å². The molecule has 1 aliphatic rings. The van der Waals surface area contributed by atoms with Gasteiger partial charge < -0.3 is 29.4 Å². The molecule has 3 aromatic rings. The molecule has 1 aromatic carbocycles. The molecule has 1 unspecified atom stereocenters. The number of pyridine rings is 1. The molecule has 0 fully saturated rings.